The predicted octanol–water partition coefficient (Wildman–Crippen LogP) is 4.67. The van der Waals surface area contributed by atoms with E-state index in [1.54, 1.807) is 0 Å². The maximum atomic E-state index is 2.58. The van der Waals surface area contributed by atoms with Crippen molar-refractivity contribution in [2.24, 2.45) is 0 Å². The topological polar surface area (TPSA) is 6.48 Å². The van der Waals surface area contributed by atoms with Crippen molar-refractivity contribution in [3.8, 4) is 0 Å². The van der Waals surface area contributed by atoms with Crippen LogP contribution in [0.3, 0.4) is 0 Å². The molecule has 0 spiro atoms. The molecule has 1 fully saturated rings. The molecule has 1 aliphatic rings. The van der Waals surface area contributed by atoms with E-state index >= 15 is 0 Å². The molecular formula is C24H26N2. The van der Waals surface area contributed by atoms with Gasteiger partial charge in [0.25, 0.3) is 0 Å². The molecule has 0 radical (unpaired) electrons. The van der Waals surface area contributed by atoms with E-state index in [0.717, 1.165) is 39.3 Å². The second-order valence-electron chi connectivity index (χ2n) is 7.03. The molecular weight excluding hydrogens is 316 g/mol. The highest BCUT2D eigenvalue weighted by atomic mass is 15.3. The highest BCUT2D eigenvalue weighted by Crippen LogP contribution is 2.20. The lowest BCUT2D eigenvalue weighted by Crippen LogP contribution is -2.45. The Hall–Kier alpha value is -2.42. The average Bonchev–Trinajstić information content (AvgIpc) is 2.70. The number of fused-ring (bicyclic) bond motifs is 1. The Morgan fingerprint density at radius 1 is 0.692 bits per heavy atom. The minimum atomic E-state index is 1.04. The number of hydrogen-bond acceptors (Lipinski definition) is 2. The summed E-state index contributed by atoms with van der Waals surface area (Å²) in [5.74, 6) is 0. The van der Waals surface area contributed by atoms with Gasteiger partial charge in [-0.2, -0.15) is 0 Å². The molecule has 1 aliphatic heterocycles. The van der Waals surface area contributed by atoms with Gasteiger partial charge >= 0.3 is 0 Å². The van der Waals surface area contributed by atoms with E-state index in [1.165, 1.54) is 21.9 Å². The molecule has 3 aromatic carbocycles. The highest BCUT2D eigenvalue weighted by molar-refractivity contribution is 5.85. The maximum absolute atomic E-state index is 2.58. The summed E-state index contributed by atoms with van der Waals surface area (Å²) < 4.78 is 0. The number of piperazine rings is 1. The van der Waals surface area contributed by atoms with Crippen LogP contribution >= 0.6 is 0 Å². The van der Waals surface area contributed by atoms with Gasteiger partial charge in [-0.3, -0.25) is 9.80 Å². The van der Waals surface area contributed by atoms with Gasteiger partial charge in [-0.1, -0.05) is 84.9 Å². The molecule has 0 atom stereocenters. The molecule has 0 unspecified atom stereocenters. The molecule has 0 amide bonds. The van der Waals surface area contributed by atoms with Crippen molar-refractivity contribution in [1.29, 1.82) is 0 Å². The summed E-state index contributed by atoms with van der Waals surface area (Å²) in [7, 11) is 0. The van der Waals surface area contributed by atoms with Crippen molar-refractivity contribution in [3.05, 3.63) is 90.0 Å². The van der Waals surface area contributed by atoms with Crippen molar-refractivity contribution in [2.45, 2.75) is 6.54 Å². The van der Waals surface area contributed by atoms with Crippen LogP contribution in [0.1, 0.15) is 11.1 Å². The molecule has 0 N–H and O–H groups in total. The average molecular weight is 342 g/mol. The van der Waals surface area contributed by atoms with E-state index in [1.807, 2.05) is 0 Å². The molecule has 1 heterocycles. The monoisotopic (exact) mass is 342 g/mol. The molecule has 0 bridgehead atoms. The fourth-order valence-electron chi connectivity index (χ4n) is 3.70. The van der Waals surface area contributed by atoms with E-state index < -0.39 is 0 Å². The predicted molar refractivity (Wildman–Crippen MR) is 111 cm³/mol. The summed E-state index contributed by atoms with van der Waals surface area (Å²) in [6.45, 7) is 6.66. The number of rotatable bonds is 5. The molecule has 0 saturated carbocycles. The van der Waals surface area contributed by atoms with Crippen molar-refractivity contribution >= 4 is 16.8 Å². The van der Waals surface area contributed by atoms with Crippen molar-refractivity contribution in [1.82, 2.24) is 9.80 Å². The van der Waals surface area contributed by atoms with Gasteiger partial charge in [-0.25, -0.2) is 0 Å². The van der Waals surface area contributed by atoms with Crippen LogP contribution in [0, 0.1) is 0 Å². The van der Waals surface area contributed by atoms with Crippen molar-refractivity contribution in [3.63, 3.8) is 0 Å². The standard InChI is InChI=1S/C24H26N2/c1-2-8-21(9-3-1)10-7-15-25-16-18-26(19-17-25)20-23-13-6-12-22-11-4-5-14-24(22)23/h1-14H,15-20H2/b10-7+. The number of hydrogen-bond donors (Lipinski definition) is 0. The minimum absolute atomic E-state index is 1.04. The van der Waals surface area contributed by atoms with Crippen molar-refractivity contribution < 1.29 is 0 Å². The van der Waals surface area contributed by atoms with E-state index in [0.29, 0.717) is 0 Å². The number of benzene rings is 3. The number of nitrogens with zero attached hydrogens (tertiary/aromatic N) is 2. The van der Waals surface area contributed by atoms with Crippen LogP contribution in [0.25, 0.3) is 16.8 Å². The quantitative estimate of drug-likeness (QED) is 0.665. The minimum Gasteiger partial charge on any atom is -0.297 e. The van der Waals surface area contributed by atoms with Crippen LogP contribution < -0.4 is 0 Å². The lowest BCUT2D eigenvalue weighted by molar-refractivity contribution is 0.137. The summed E-state index contributed by atoms with van der Waals surface area (Å²) in [4.78, 5) is 5.12. The maximum Gasteiger partial charge on any atom is 0.0240 e. The summed E-state index contributed by atoms with van der Waals surface area (Å²) in [5.41, 5.74) is 2.72. The zero-order valence-electron chi connectivity index (χ0n) is 15.2. The third-order valence-corrected chi connectivity index (χ3v) is 5.21. The molecule has 3 aromatic rings. The second-order valence-corrected chi connectivity index (χ2v) is 7.03. The SMILES string of the molecule is C(=C\c1ccccc1)/CN1CCN(Cc2cccc3ccccc23)CC1. The largest absolute Gasteiger partial charge is 0.297 e. The van der Waals surface area contributed by atoms with Gasteiger partial charge in [0.1, 0.15) is 0 Å². The first-order valence-corrected chi connectivity index (χ1v) is 9.51. The van der Waals surface area contributed by atoms with Gasteiger partial charge in [-0.05, 0) is 21.9 Å². The van der Waals surface area contributed by atoms with E-state index in [-0.39, 0.29) is 0 Å². The Morgan fingerprint density at radius 2 is 1.38 bits per heavy atom. The lowest BCUT2D eigenvalue weighted by Gasteiger charge is -2.34. The molecule has 0 aromatic heterocycles. The van der Waals surface area contributed by atoms with Gasteiger partial charge in [0, 0.05) is 39.3 Å². The Kier molecular flexibility index (Phi) is 5.44. The van der Waals surface area contributed by atoms with Gasteiger partial charge in [0.15, 0.2) is 0 Å². The third kappa shape index (κ3) is 4.21. The molecule has 1 saturated heterocycles. The normalized spacial score (nSPS) is 16.5. The van der Waals surface area contributed by atoms with Gasteiger partial charge < -0.3 is 0 Å². The van der Waals surface area contributed by atoms with Crippen LogP contribution in [-0.4, -0.2) is 42.5 Å². The smallest absolute Gasteiger partial charge is 0.0240 e. The van der Waals surface area contributed by atoms with Crippen LogP contribution in [0.4, 0.5) is 0 Å². The highest BCUT2D eigenvalue weighted by Gasteiger charge is 2.16. The van der Waals surface area contributed by atoms with Gasteiger partial charge in [-0.15, -0.1) is 0 Å². The first kappa shape index (κ1) is 17.0. The Balaban J connectivity index is 1.30. The van der Waals surface area contributed by atoms with Crippen LogP contribution in [0.15, 0.2) is 78.9 Å². The molecule has 26 heavy (non-hydrogen) atoms. The summed E-state index contributed by atoms with van der Waals surface area (Å²) in [6.07, 6.45) is 4.51. The summed E-state index contributed by atoms with van der Waals surface area (Å²) >= 11 is 0. The fourth-order valence-corrected chi connectivity index (χ4v) is 3.70. The lowest BCUT2D eigenvalue weighted by atomic mass is 10.0. The molecule has 2 heteroatoms. The Morgan fingerprint density at radius 3 is 2.23 bits per heavy atom. The summed E-state index contributed by atoms with van der Waals surface area (Å²) in [5, 5.41) is 2.73. The van der Waals surface area contributed by atoms with Gasteiger partial charge in [0.05, 0.1) is 0 Å². The molecule has 4 rings (SSSR count). The van der Waals surface area contributed by atoms with Crippen LogP contribution in [0.5, 0.6) is 0 Å². The Bertz CT molecular complexity index is 856. The van der Waals surface area contributed by atoms with E-state index in [4.69, 9.17) is 0 Å². The van der Waals surface area contributed by atoms with E-state index in [2.05, 4.69) is 94.7 Å². The zero-order valence-corrected chi connectivity index (χ0v) is 15.2. The van der Waals surface area contributed by atoms with Gasteiger partial charge in [0.2, 0.25) is 0 Å². The van der Waals surface area contributed by atoms with Crippen molar-refractivity contribution in [2.75, 3.05) is 32.7 Å². The Labute approximate surface area is 156 Å². The van der Waals surface area contributed by atoms with E-state index in [9.17, 15) is 0 Å². The first-order chi connectivity index (χ1) is 12.9. The molecule has 132 valence electrons. The first-order valence-electron chi connectivity index (χ1n) is 9.51. The molecule has 2 nitrogen and oxygen atoms in total. The van der Waals surface area contributed by atoms with Crippen LogP contribution in [0.2, 0.25) is 0 Å². The molecule has 0 aliphatic carbocycles. The third-order valence-electron chi connectivity index (χ3n) is 5.21. The summed E-state index contributed by atoms with van der Waals surface area (Å²) in [6, 6.07) is 25.9. The zero-order chi connectivity index (χ0) is 17.6. The second kappa shape index (κ2) is 8.31. The fraction of sp³-hybridized carbons (Fsp3) is 0.250. The van der Waals surface area contributed by atoms with Crippen LogP contribution in [-0.2, 0) is 6.54 Å².